The summed E-state index contributed by atoms with van der Waals surface area (Å²) in [5.74, 6) is 0.243. The first-order valence-electron chi connectivity index (χ1n) is 7.34. The minimum absolute atomic E-state index is 0.0744. The lowest BCUT2D eigenvalue weighted by Gasteiger charge is -2.14. The van der Waals surface area contributed by atoms with Gasteiger partial charge in [0.25, 0.3) is 0 Å². The molecule has 0 radical (unpaired) electrons. The van der Waals surface area contributed by atoms with Crippen molar-refractivity contribution in [3.63, 3.8) is 0 Å². The van der Waals surface area contributed by atoms with Gasteiger partial charge >= 0.3 is 0 Å². The zero-order valence-corrected chi connectivity index (χ0v) is 12.6. The largest absolute Gasteiger partial charge is 0.361 e. The normalized spacial score (nSPS) is 25.6. The average Bonchev–Trinajstić information content (AvgIpc) is 2.99. The number of likely N-dealkylation sites (tertiary alicyclic amines) is 1. The summed E-state index contributed by atoms with van der Waals surface area (Å²) in [6, 6.07) is 1.83. The lowest BCUT2D eigenvalue weighted by Crippen LogP contribution is -2.30. The van der Waals surface area contributed by atoms with Crippen LogP contribution in [0.2, 0.25) is 0 Å². The van der Waals surface area contributed by atoms with Crippen LogP contribution in [0.25, 0.3) is 0 Å². The molecule has 0 unspecified atom stereocenters. The zero-order valence-electron chi connectivity index (χ0n) is 12.6. The molecular formula is C16H20N2O3. The van der Waals surface area contributed by atoms with Crippen molar-refractivity contribution in [2.45, 2.75) is 45.6 Å². The first-order chi connectivity index (χ1) is 9.88. The predicted molar refractivity (Wildman–Crippen MR) is 76.1 cm³/mol. The van der Waals surface area contributed by atoms with Gasteiger partial charge in [-0.05, 0) is 12.8 Å². The van der Waals surface area contributed by atoms with Crippen molar-refractivity contribution in [1.82, 2.24) is 10.1 Å². The Morgan fingerprint density at radius 1 is 1.19 bits per heavy atom. The van der Waals surface area contributed by atoms with Gasteiger partial charge < -0.3 is 4.52 Å². The van der Waals surface area contributed by atoms with Crippen LogP contribution in [-0.4, -0.2) is 21.9 Å². The standard InChI is InChI=1S/C16H20N2O3/c1-16(2,3)13-8-10(17-21-13)9-18-14(19)11-6-4-5-7-12(11)15(18)20/h4-5,8,11-12H,6-7,9H2,1-3H3/t11-,12+. The molecule has 1 aliphatic heterocycles. The highest BCUT2D eigenvalue weighted by atomic mass is 16.5. The number of hydrogen-bond donors (Lipinski definition) is 0. The van der Waals surface area contributed by atoms with Crippen LogP contribution in [-0.2, 0) is 21.5 Å². The van der Waals surface area contributed by atoms with E-state index in [1.54, 1.807) is 0 Å². The van der Waals surface area contributed by atoms with Gasteiger partial charge in [0.2, 0.25) is 11.8 Å². The number of fused-ring (bicyclic) bond motifs is 1. The summed E-state index contributed by atoms with van der Waals surface area (Å²) in [6.07, 6.45) is 5.31. The topological polar surface area (TPSA) is 63.4 Å². The van der Waals surface area contributed by atoms with Crippen LogP contribution in [0.4, 0.5) is 0 Å². The molecule has 2 amide bonds. The Bertz CT molecular complexity index is 583. The Kier molecular flexibility index (Phi) is 3.23. The number of imide groups is 1. The maximum atomic E-state index is 12.4. The summed E-state index contributed by atoms with van der Waals surface area (Å²) in [4.78, 5) is 26.1. The summed E-state index contributed by atoms with van der Waals surface area (Å²) in [5.41, 5.74) is 0.496. The molecule has 2 heterocycles. The number of carbonyl (C=O) groups excluding carboxylic acids is 2. The van der Waals surface area contributed by atoms with E-state index in [1.165, 1.54) is 4.90 Å². The van der Waals surface area contributed by atoms with Crippen LogP contribution in [0, 0.1) is 11.8 Å². The summed E-state index contributed by atoms with van der Waals surface area (Å²) in [7, 11) is 0. The van der Waals surface area contributed by atoms with E-state index < -0.39 is 0 Å². The van der Waals surface area contributed by atoms with Gasteiger partial charge in [0, 0.05) is 11.5 Å². The fourth-order valence-electron chi connectivity index (χ4n) is 2.93. The predicted octanol–water partition coefficient (Wildman–Crippen LogP) is 2.42. The maximum absolute atomic E-state index is 12.4. The smallest absolute Gasteiger partial charge is 0.233 e. The quantitative estimate of drug-likeness (QED) is 0.619. The lowest BCUT2D eigenvalue weighted by atomic mass is 9.85. The van der Waals surface area contributed by atoms with E-state index in [9.17, 15) is 9.59 Å². The first kappa shape index (κ1) is 14.0. The molecule has 1 aliphatic carbocycles. The van der Waals surface area contributed by atoms with Crippen LogP contribution < -0.4 is 0 Å². The molecule has 0 aromatic carbocycles. The number of rotatable bonds is 2. The molecule has 2 atom stereocenters. The minimum Gasteiger partial charge on any atom is -0.361 e. The van der Waals surface area contributed by atoms with Gasteiger partial charge in [0.1, 0.15) is 11.5 Å². The van der Waals surface area contributed by atoms with Gasteiger partial charge in [-0.15, -0.1) is 0 Å². The van der Waals surface area contributed by atoms with E-state index in [0.717, 1.165) is 5.76 Å². The summed E-state index contributed by atoms with van der Waals surface area (Å²) in [6.45, 7) is 6.31. The molecule has 0 bridgehead atoms. The highest BCUT2D eigenvalue weighted by Gasteiger charge is 2.47. The van der Waals surface area contributed by atoms with Crippen molar-refractivity contribution in [3.8, 4) is 0 Å². The molecule has 1 saturated heterocycles. The number of hydrogen-bond acceptors (Lipinski definition) is 4. The first-order valence-corrected chi connectivity index (χ1v) is 7.34. The van der Waals surface area contributed by atoms with E-state index in [0.29, 0.717) is 18.5 Å². The molecule has 3 rings (SSSR count). The maximum Gasteiger partial charge on any atom is 0.233 e. The van der Waals surface area contributed by atoms with Crippen LogP contribution in [0.15, 0.2) is 22.7 Å². The van der Waals surface area contributed by atoms with Crippen LogP contribution in [0.5, 0.6) is 0 Å². The Balaban J connectivity index is 1.78. The summed E-state index contributed by atoms with van der Waals surface area (Å²) in [5, 5.41) is 4.00. The van der Waals surface area contributed by atoms with Crippen LogP contribution in [0.3, 0.4) is 0 Å². The molecule has 1 fully saturated rings. The number of nitrogens with zero attached hydrogens (tertiary/aromatic N) is 2. The van der Waals surface area contributed by atoms with E-state index >= 15 is 0 Å². The van der Waals surface area contributed by atoms with Crippen LogP contribution >= 0.6 is 0 Å². The molecule has 21 heavy (non-hydrogen) atoms. The van der Waals surface area contributed by atoms with Crippen molar-refractivity contribution >= 4 is 11.8 Å². The number of carbonyl (C=O) groups is 2. The third kappa shape index (κ3) is 2.41. The van der Waals surface area contributed by atoms with E-state index in [2.05, 4.69) is 5.16 Å². The van der Waals surface area contributed by atoms with Gasteiger partial charge in [-0.25, -0.2) is 0 Å². The average molecular weight is 288 g/mol. The summed E-state index contributed by atoms with van der Waals surface area (Å²) >= 11 is 0. The number of aromatic nitrogens is 1. The fraction of sp³-hybridized carbons (Fsp3) is 0.562. The molecular weight excluding hydrogens is 268 g/mol. The molecule has 2 aliphatic rings. The molecule has 1 aromatic rings. The second-order valence-corrected chi connectivity index (χ2v) is 6.85. The molecule has 5 heteroatoms. The van der Waals surface area contributed by atoms with Crippen molar-refractivity contribution in [3.05, 3.63) is 29.7 Å². The van der Waals surface area contributed by atoms with E-state index in [-0.39, 0.29) is 35.6 Å². The minimum atomic E-state index is -0.184. The highest BCUT2D eigenvalue weighted by Crippen LogP contribution is 2.36. The van der Waals surface area contributed by atoms with Gasteiger partial charge in [0.15, 0.2) is 0 Å². The Morgan fingerprint density at radius 3 is 2.24 bits per heavy atom. The Hall–Kier alpha value is -1.91. The molecule has 5 nitrogen and oxygen atoms in total. The molecule has 0 saturated carbocycles. The van der Waals surface area contributed by atoms with Crippen molar-refractivity contribution in [2.24, 2.45) is 11.8 Å². The molecule has 1 aromatic heterocycles. The van der Waals surface area contributed by atoms with Crippen molar-refractivity contribution < 1.29 is 14.1 Å². The lowest BCUT2D eigenvalue weighted by molar-refractivity contribution is -0.140. The van der Waals surface area contributed by atoms with Gasteiger partial charge in [-0.1, -0.05) is 38.1 Å². The fourth-order valence-corrected chi connectivity index (χ4v) is 2.93. The van der Waals surface area contributed by atoms with Gasteiger partial charge in [-0.3, -0.25) is 14.5 Å². The van der Waals surface area contributed by atoms with E-state index in [1.807, 2.05) is 39.0 Å². The highest BCUT2D eigenvalue weighted by molar-refractivity contribution is 6.05. The van der Waals surface area contributed by atoms with Gasteiger partial charge in [0.05, 0.1) is 18.4 Å². The SMILES string of the molecule is CC(C)(C)c1cc(CN2C(=O)[C@H]3CC=CC[C@H]3C2=O)no1. The second kappa shape index (κ2) is 4.83. The van der Waals surface area contributed by atoms with Crippen molar-refractivity contribution in [1.29, 1.82) is 0 Å². The van der Waals surface area contributed by atoms with Gasteiger partial charge in [-0.2, -0.15) is 0 Å². The van der Waals surface area contributed by atoms with Crippen molar-refractivity contribution in [2.75, 3.05) is 0 Å². The third-order valence-electron chi connectivity index (χ3n) is 4.22. The monoisotopic (exact) mass is 288 g/mol. The molecule has 112 valence electrons. The second-order valence-electron chi connectivity index (χ2n) is 6.85. The van der Waals surface area contributed by atoms with E-state index in [4.69, 9.17) is 4.52 Å². The Labute approximate surface area is 124 Å². The molecule has 0 spiro atoms. The molecule has 0 N–H and O–H groups in total. The third-order valence-corrected chi connectivity index (χ3v) is 4.22. The Morgan fingerprint density at radius 2 is 1.76 bits per heavy atom. The number of amides is 2. The summed E-state index contributed by atoms with van der Waals surface area (Å²) < 4.78 is 5.32. The number of allylic oxidation sites excluding steroid dienone is 2. The zero-order chi connectivity index (χ0) is 15.2. The van der Waals surface area contributed by atoms with Crippen LogP contribution in [0.1, 0.15) is 45.1 Å².